The molecule has 0 aromatic rings. The van der Waals surface area contributed by atoms with Crippen molar-refractivity contribution in [3.05, 3.63) is 0 Å². The van der Waals surface area contributed by atoms with Gasteiger partial charge in [-0.15, -0.1) is 0 Å². The molecule has 120 valence electrons. The van der Waals surface area contributed by atoms with Crippen LogP contribution < -0.4 is 5.32 Å². The van der Waals surface area contributed by atoms with Crippen LogP contribution in [0.2, 0.25) is 0 Å². The number of rotatable bonds is 13. The molecule has 0 heterocycles. The van der Waals surface area contributed by atoms with Gasteiger partial charge in [0.15, 0.2) is 0 Å². The van der Waals surface area contributed by atoms with Gasteiger partial charge in [-0.05, 0) is 12.8 Å². The molecule has 1 unspecified atom stereocenters. The van der Waals surface area contributed by atoms with Crippen LogP contribution in [0.1, 0.15) is 78.1 Å². The summed E-state index contributed by atoms with van der Waals surface area (Å²) in [5, 5.41) is 11.0. The van der Waals surface area contributed by atoms with Gasteiger partial charge in [0.25, 0.3) is 0 Å². The van der Waals surface area contributed by atoms with E-state index < -0.39 is 5.97 Å². The number of unbranched alkanes of at least 4 members (excludes halogenated alkanes) is 7. The normalized spacial score (nSPS) is 11.5. The maximum absolute atomic E-state index is 11.7. The molecule has 2 N–H and O–H groups in total. The molecular weight excluding hydrogens is 293 g/mol. The fraction of sp³-hybridized carbons (Fsp3) is 0.875. The molecule has 0 aromatic carbocycles. The molecule has 1 amide bonds. The number of carbonyl (C=O) groups is 2. The average Bonchev–Trinajstić information content (AvgIpc) is 2.43. The van der Waals surface area contributed by atoms with Crippen molar-refractivity contribution >= 4 is 63.3 Å². The van der Waals surface area contributed by atoms with Crippen LogP contribution in [0, 0.1) is 5.92 Å². The molecule has 0 fully saturated rings. The van der Waals surface area contributed by atoms with Gasteiger partial charge in [0.05, 0.1) is 0 Å². The molecule has 0 spiro atoms. The summed E-state index contributed by atoms with van der Waals surface area (Å²) in [6.45, 7) is 3.93. The van der Waals surface area contributed by atoms with E-state index in [0.29, 0.717) is 0 Å². The zero-order valence-electron chi connectivity index (χ0n) is 13.1. The summed E-state index contributed by atoms with van der Waals surface area (Å²) in [7, 11) is 0. The van der Waals surface area contributed by atoms with Gasteiger partial charge in [-0.3, -0.25) is 9.59 Å². The van der Waals surface area contributed by atoms with E-state index in [1.54, 1.807) is 0 Å². The summed E-state index contributed by atoms with van der Waals surface area (Å²) in [6, 6.07) is 0. The number of hydrogen-bond donors (Lipinski definition) is 2. The second-order valence-corrected chi connectivity index (χ2v) is 5.48. The number of nitrogens with one attached hydrogen (secondary N) is 1. The third-order valence-corrected chi connectivity index (χ3v) is 3.68. The number of aliphatic carboxylic acids is 1. The van der Waals surface area contributed by atoms with E-state index >= 15 is 0 Å². The molecular formula is C16H32KNO3. The Morgan fingerprint density at radius 1 is 0.952 bits per heavy atom. The van der Waals surface area contributed by atoms with Crippen LogP contribution >= 0.6 is 0 Å². The Kier molecular flexibility index (Phi) is 19.2. The maximum atomic E-state index is 11.7. The third-order valence-electron chi connectivity index (χ3n) is 3.68. The van der Waals surface area contributed by atoms with Gasteiger partial charge in [-0.2, -0.15) is 0 Å². The molecule has 4 nitrogen and oxygen atoms in total. The first-order valence-corrected chi connectivity index (χ1v) is 8.11. The Morgan fingerprint density at radius 2 is 1.48 bits per heavy atom. The summed E-state index contributed by atoms with van der Waals surface area (Å²) >= 11 is 0. The van der Waals surface area contributed by atoms with Gasteiger partial charge in [-0.25, -0.2) is 0 Å². The average molecular weight is 326 g/mol. The fourth-order valence-corrected chi connectivity index (χ4v) is 2.35. The van der Waals surface area contributed by atoms with Crippen molar-refractivity contribution in [3.8, 4) is 0 Å². The molecule has 5 heteroatoms. The summed E-state index contributed by atoms with van der Waals surface area (Å²) < 4.78 is 0. The summed E-state index contributed by atoms with van der Waals surface area (Å²) in [5.41, 5.74) is 0. The molecule has 0 saturated carbocycles. The van der Waals surface area contributed by atoms with E-state index in [9.17, 15) is 9.59 Å². The molecule has 0 aliphatic rings. The first-order chi connectivity index (χ1) is 9.61. The number of carbonyl (C=O) groups excluding carboxylic acids is 1. The van der Waals surface area contributed by atoms with Crippen LogP contribution in [0.25, 0.3) is 0 Å². The predicted octanol–water partition coefficient (Wildman–Crippen LogP) is 3.10. The van der Waals surface area contributed by atoms with Crippen LogP contribution in [0.4, 0.5) is 0 Å². The number of carboxylic acids is 1. The monoisotopic (exact) mass is 325 g/mol. The van der Waals surface area contributed by atoms with Crippen molar-refractivity contribution < 1.29 is 14.7 Å². The van der Waals surface area contributed by atoms with Gasteiger partial charge in [0, 0.05) is 5.92 Å². The molecule has 0 aromatic heterocycles. The Morgan fingerprint density at radius 3 is 1.95 bits per heavy atom. The van der Waals surface area contributed by atoms with Crippen molar-refractivity contribution in [2.24, 2.45) is 5.92 Å². The van der Waals surface area contributed by atoms with E-state index in [-0.39, 0.29) is 69.8 Å². The molecule has 0 bridgehead atoms. The van der Waals surface area contributed by atoms with Gasteiger partial charge < -0.3 is 10.4 Å². The topological polar surface area (TPSA) is 66.4 Å². The second-order valence-electron chi connectivity index (χ2n) is 5.48. The Labute approximate surface area is 172 Å². The van der Waals surface area contributed by atoms with Crippen molar-refractivity contribution in [3.63, 3.8) is 0 Å². The minimum absolute atomic E-state index is 0. The zero-order chi connectivity index (χ0) is 15.2. The van der Waals surface area contributed by atoms with Crippen LogP contribution in [-0.4, -0.2) is 74.9 Å². The van der Waals surface area contributed by atoms with E-state index in [2.05, 4.69) is 12.2 Å². The summed E-state index contributed by atoms with van der Waals surface area (Å²) in [4.78, 5) is 22.1. The number of carboxylic acid groups (broad SMARTS) is 1. The van der Waals surface area contributed by atoms with Gasteiger partial charge in [0.2, 0.25) is 5.91 Å². The molecule has 0 aliphatic heterocycles. The predicted molar refractivity (Wildman–Crippen MR) is 88.8 cm³/mol. The van der Waals surface area contributed by atoms with Crippen LogP contribution in [0.3, 0.4) is 0 Å². The first kappa shape index (κ1) is 23.8. The Bertz CT molecular complexity index is 272. The molecule has 0 saturated heterocycles. The Hall–Kier alpha value is 0.576. The van der Waals surface area contributed by atoms with E-state index in [1.165, 1.54) is 44.9 Å². The van der Waals surface area contributed by atoms with E-state index in [0.717, 1.165) is 19.3 Å². The van der Waals surface area contributed by atoms with Crippen molar-refractivity contribution in [2.45, 2.75) is 78.1 Å². The third kappa shape index (κ3) is 15.3. The Balaban J connectivity index is 0. The van der Waals surface area contributed by atoms with Crippen molar-refractivity contribution in [1.29, 1.82) is 0 Å². The van der Waals surface area contributed by atoms with E-state index in [4.69, 9.17) is 5.11 Å². The molecule has 0 rings (SSSR count). The SMILES string of the molecule is CCCCCCCCCCC(CC)C(=O)NCC(=O)O.[KH]. The van der Waals surface area contributed by atoms with Gasteiger partial charge >= 0.3 is 57.4 Å². The number of hydrogen-bond acceptors (Lipinski definition) is 2. The molecule has 21 heavy (non-hydrogen) atoms. The first-order valence-electron chi connectivity index (χ1n) is 8.11. The van der Waals surface area contributed by atoms with E-state index in [1.807, 2.05) is 6.92 Å². The van der Waals surface area contributed by atoms with Crippen LogP contribution in [-0.2, 0) is 9.59 Å². The standard InChI is InChI=1S/C16H31NO3.K.H/c1-3-5-6-7-8-9-10-11-12-14(4-2)16(20)17-13-15(18)19;;/h14H,3-13H2,1-2H3,(H,17,20)(H,18,19);;. The number of amides is 1. The van der Waals surface area contributed by atoms with Crippen molar-refractivity contribution in [2.75, 3.05) is 6.54 Å². The fourth-order valence-electron chi connectivity index (χ4n) is 2.35. The summed E-state index contributed by atoms with van der Waals surface area (Å²) in [5.74, 6) is -1.13. The quantitative estimate of drug-likeness (QED) is 0.404. The van der Waals surface area contributed by atoms with Crippen LogP contribution in [0.15, 0.2) is 0 Å². The van der Waals surface area contributed by atoms with Crippen LogP contribution in [0.5, 0.6) is 0 Å². The van der Waals surface area contributed by atoms with Crippen molar-refractivity contribution in [1.82, 2.24) is 5.32 Å². The van der Waals surface area contributed by atoms with Gasteiger partial charge in [-0.1, -0.05) is 65.2 Å². The molecule has 0 radical (unpaired) electrons. The molecule has 1 atom stereocenters. The second kappa shape index (κ2) is 16.9. The van der Waals surface area contributed by atoms with Gasteiger partial charge in [0.1, 0.15) is 6.54 Å². The zero-order valence-corrected chi connectivity index (χ0v) is 13.1. The summed E-state index contributed by atoms with van der Waals surface area (Å²) in [6.07, 6.45) is 11.7. The minimum atomic E-state index is -0.986. The molecule has 0 aliphatic carbocycles.